The van der Waals surface area contributed by atoms with Gasteiger partial charge in [-0.2, -0.15) is 4.98 Å². The molecule has 1 saturated carbocycles. The summed E-state index contributed by atoms with van der Waals surface area (Å²) in [5, 5.41) is 13.5. The van der Waals surface area contributed by atoms with Crippen LogP contribution in [-0.4, -0.2) is 21.1 Å². The van der Waals surface area contributed by atoms with Crippen LogP contribution < -0.4 is 10.9 Å². The van der Waals surface area contributed by atoms with E-state index in [4.69, 9.17) is 11.6 Å². The molecule has 1 aliphatic carbocycles. The zero-order valence-corrected chi connectivity index (χ0v) is 10.7. The van der Waals surface area contributed by atoms with Crippen molar-refractivity contribution in [2.75, 3.05) is 5.32 Å². The van der Waals surface area contributed by atoms with Gasteiger partial charge in [0.05, 0.1) is 0 Å². The van der Waals surface area contributed by atoms with Gasteiger partial charge in [-0.3, -0.25) is 9.78 Å². The number of H-pyrrole nitrogens is 1. The lowest BCUT2D eigenvalue weighted by Gasteiger charge is -2.07. The van der Waals surface area contributed by atoms with E-state index in [1.165, 1.54) is 0 Å². The maximum absolute atomic E-state index is 12.0. The highest BCUT2D eigenvalue weighted by atomic mass is 35.5. The first-order valence-corrected chi connectivity index (χ1v) is 6.37. The van der Waals surface area contributed by atoms with E-state index in [9.17, 15) is 9.90 Å². The van der Waals surface area contributed by atoms with Crippen molar-refractivity contribution in [1.29, 1.82) is 0 Å². The number of nitrogens with zero attached hydrogens (tertiary/aromatic N) is 1. The number of aromatic amines is 1. The molecule has 0 amide bonds. The SMILES string of the molecule is O=c1[nH]c(NC2CC2)nc(O)c1-c1ccc(Cl)cc1. The molecule has 19 heavy (non-hydrogen) atoms. The largest absolute Gasteiger partial charge is 0.493 e. The second-order valence-corrected chi connectivity index (χ2v) is 4.98. The van der Waals surface area contributed by atoms with Crippen molar-refractivity contribution in [3.05, 3.63) is 39.6 Å². The van der Waals surface area contributed by atoms with Crippen molar-refractivity contribution in [3.8, 4) is 17.0 Å². The fourth-order valence-corrected chi connectivity index (χ4v) is 1.95. The van der Waals surface area contributed by atoms with E-state index >= 15 is 0 Å². The zero-order chi connectivity index (χ0) is 13.4. The van der Waals surface area contributed by atoms with Gasteiger partial charge in [0.2, 0.25) is 11.8 Å². The number of hydrogen-bond acceptors (Lipinski definition) is 4. The van der Waals surface area contributed by atoms with Gasteiger partial charge in [-0.25, -0.2) is 0 Å². The van der Waals surface area contributed by atoms with E-state index in [0.29, 0.717) is 22.6 Å². The number of nitrogens with one attached hydrogen (secondary N) is 2. The van der Waals surface area contributed by atoms with E-state index < -0.39 is 0 Å². The lowest BCUT2D eigenvalue weighted by atomic mass is 10.1. The maximum atomic E-state index is 12.0. The number of aromatic hydroxyl groups is 1. The molecule has 0 saturated heterocycles. The van der Waals surface area contributed by atoms with Gasteiger partial charge < -0.3 is 10.4 Å². The fraction of sp³-hybridized carbons (Fsp3) is 0.231. The molecule has 5 nitrogen and oxygen atoms in total. The highest BCUT2D eigenvalue weighted by Gasteiger charge is 2.22. The fourth-order valence-electron chi connectivity index (χ4n) is 1.83. The van der Waals surface area contributed by atoms with Crippen molar-refractivity contribution in [1.82, 2.24) is 9.97 Å². The number of aromatic nitrogens is 2. The number of anilines is 1. The van der Waals surface area contributed by atoms with Crippen LogP contribution in [0.3, 0.4) is 0 Å². The molecule has 1 fully saturated rings. The highest BCUT2D eigenvalue weighted by Crippen LogP contribution is 2.27. The molecule has 0 spiro atoms. The Kier molecular flexibility index (Phi) is 2.91. The molecule has 1 heterocycles. The molecule has 1 aromatic carbocycles. The summed E-state index contributed by atoms with van der Waals surface area (Å²) in [6, 6.07) is 7.01. The van der Waals surface area contributed by atoms with E-state index in [0.717, 1.165) is 12.8 Å². The summed E-state index contributed by atoms with van der Waals surface area (Å²) in [7, 11) is 0. The Labute approximate surface area is 114 Å². The van der Waals surface area contributed by atoms with Crippen LogP contribution in [-0.2, 0) is 0 Å². The molecule has 3 N–H and O–H groups in total. The van der Waals surface area contributed by atoms with Crippen LogP contribution >= 0.6 is 11.6 Å². The predicted molar refractivity (Wildman–Crippen MR) is 73.6 cm³/mol. The monoisotopic (exact) mass is 277 g/mol. The topological polar surface area (TPSA) is 78.0 Å². The van der Waals surface area contributed by atoms with Crippen molar-refractivity contribution < 1.29 is 5.11 Å². The van der Waals surface area contributed by atoms with Gasteiger partial charge in [0.15, 0.2) is 0 Å². The van der Waals surface area contributed by atoms with Crippen LogP contribution in [0.2, 0.25) is 5.02 Å². The van der Waals surface area contributed by atoms with Crippen LogP contribution in [0.4, 0.5) is 5.95 Å². The molecule has 98 valence electrons. The summed E-state index contributed by atoms with van der Waals surface area (Å²) in [6.45, 7) is 0. The van der Waals surface area contributed by atoms with Gasteiger partial charge >= 0.3 is 0 Å². The van der Waals surface area contributed by atoms with E-state index in [1.807, 2.05) is 0 Å². The van der Waals surface area contributed by atoms with E-state index in [-0.39, 0.29) is 17.0 Å². The molecular weight excluding hydrogens is 266 g/mol. The Hall–Kier alpha value is -2.01. The standard InChI is InChI=1S/C13H12ClN3O2/c14-8-3-1-7(2-4-8)10-11(18)16-13(17-12(10)19)15-9-5-6-9/h1-4,9H,5-6H2,(H3,15,16,17,18,19). The minimum Gasteiger partial charge on any atom is -0.493 e. The first-order chi connectivity index (χ1) is 9.13. The summed E-state index contributed by atoms with van der Waals surface area (Å²) in [6.07, 6.45) is 2.12. The van der Waals surface area contributed by atoms with Crippen molar-refractivity contribution >= 4 is 17.5 Å². The quantitative estimate of drug-likeness (QED) is 0.805. The predicted octanol–water partition coefficient (Wildman–Crippen LogP) is 2.37. The Morgan fingerprint density at radius 1 is 1.32 bits per heavy atom. The third-order valence-corrected chi connectivity index (χ3v) is 3.20. The lowest BCUT2D eigenvalue weighted by Crippen LogP contribution is -2.15. The Bertz CT molecular complexity index is 663. The van der Waals surface area contributed by atoms with Gasteiger partial charge in [0, 0.05) is 11.1 Å². The average molecular weight is 278 g/mol. The van der Waals surface area contributed by atoms with Crippen LogP contribution in [0.1, 0.15) is 12.8 Å². The Morgan fingerprint density at radius 2 is 2.00 bits per heavy atom. The number of hydrogen-bond donors (Lipinski definition) is 3. The van der Waals surface area contributed by atoms with Crippen LogP contribution in [0.5, 0.6) is 5.88 Å². The van der Waals surface area contributed by atoms with Gasteiger partial charge in [-0.1, -0.05) is 23.7 Å². The van der Waals surface area contributed by atoms with E-state index in [2.05, 4.69) is 15.3 Å². The van der Waals surface area contributed by atoms with Crippen molar-refractivity contribution in [2.24, 2.45) is 0 Å². The molecule has 0 atom stereocenters. The summed E-state index contributed by atoms with van der Waals surface area (Å²) < 4.78 is 0. The Balaban J connectivity index is 2.01. The second-order valence-electron chi connectivity index (χ2n) is 4.54. The second kappa shape index (κ2) is 4.59. The molecule has 0 aliphatic heterocycles. The molecule has 0 unspecified atom stereocenters. The van der Waals surface area contributed by atoms with E-state index in [1.54, 1.807) is 24.3 Å². The van der Waals surface area contributed by atoms with Crippen LogP contribution in [0, 0.1) is 0 Å². The molecule has 6 heteroatoms. The minimum atomic E-state index is -0.377. The third kappa shape index (κ3) is 2.56. The number of halogens is 1. The molecule has 1 aromatic heterocycles. The normalized spacial score (nSPS) is 14.4. The highest BCUT2D eigenvalue weighted by molar-refractivity contribution is 6.30. The molecule has 0 radical (unpaired) electrons. The average Bonchev–Trinajstić information content (AvgIpc) is 3.14. The Morgan fingerprint density at radius 3 is 2.58 bits per heavy atom. The van der Waals surface area contributed by atoms with Gasteiger partial charge in [-0.15, -0.1) is 0 Å². The molecular formula is C13H12ClN3O2. The number of rotatable bonds is 3. The molecule has 2 aromatic rings. The third-order valence-electron chi connectivity index (χ3n) is 2.95. The van der Waals surface area contributed by atoms with Crippen molar-refractivity contribution in [3.63, 3.8) is 0 Å². The first-order valence-electron chi connectivity index (χ1n) is 5.99. The van der Waals surface area contributed by atoms with Crippen LogP contribution in [0.15, 0.2) is 29.1 Å². The van der Waals surface area contributed by atoms with Gasteiger partial charge in [0.1, 0.15) is 5.56 Å². The minimum absolute atomic E-state index is 0.151. The van der Waals surface area contributed by atoms with Gasteiger partial charge in [-0.05, 0) is 30.5 Å². The summed E-state index contributed by atoms with van der Waals surface area (Å²) >= 11 is 5.79. The maximum Gasteiger partial charge on any atom is 0.264 e. The summed E-state index contributed by atoms with van der Waals surface area (Å²) in [5.41, 5.74) is 0.351. The summed E-state index contributed by atoms with van der Waals surface area (Å²) in [5.74, 6) is 0.0249. The summed E-state index contributed by atoms with van der Waals surface area (Å²) in [4.78, 5) is 18.6. The molecule has 3 rings (SSSR count). The van der Waals surface area contributed by atoms with Crippen molar-refractivity contribution in [2.45, 2.75) is 18.9 Å². The molecule has 1 aliphatic rings. The van der Waals surface area contributed by atoms with Crippen LogP contribution in [0.25, 0.3) is 11.1 Å². The lowest BCUT2D eigenvalue weighted by molar-refractivity contribution is 0.454. The zero-order valence-electron chi connectivity index (χ0n) is 9.98. The molecule has 0 bridgehead atoms. The van der Waals surface area contributed by atoms with Gasteiger partial charge in [0.25, 0.3) is 5.56 Å². The number of benzene rings is 1. The first kappa shape index (κ1) is 12.0. The smallest absolute Gasteiger partial charge is 0.264 e.